The van der Waals surface area contributed by atoms with Crippen LogP contribution in [0.5, 0.6) is 0 Å². The summed E-state index contributed by atoms with van der Waals surface area (Å²) in [6, 6.07) is 0. The number of carbonyl (C=O) groups is 2. The molecule has 2 unspecified atom stereocenters. The van der Waals surface area contributed by atoms with Crippen LogP contribution < -0.4 is 5.32 Å². The van der Waals surface area contributed by atoms with Crippen molar-refractivity contribution in [1.82, 2.24) is 10.2 Å². The maximum Gasteiger partial charge on any atom is 0.230 e. The largest absolute Gasteiger partial charge is 0.379 e. The fourth-order valence-corrected chi connectivity index (χ4v) is 2.79. The molecule has 1 rings (SSSR count). The van der Waals surface area contributed by atoms with E-state index in [1.807, 2.05) is 13.0 Å². The van der Waals surface area contributed by atoms with E-state index in [4.69, 9.17) is 4.74 Å². The number of allylic oxidation sites excluding steroid dienone is 5. The SMILES string of the molecule is C=C/C=N/C(O)C/C(C)=C/C=C/NC(=O)C(C)/C=C(\C=C/CN1CCOCC1)C(C)=O. The lowest BCUT2D eigenvalue weighted by Crippen LogP contribution is -2.36. The van der Waals surface area contributed by atoms with Gasteiger partial charge in [-0.3, -0.25) is 19.5 Å². The van der Waals surface area contributed by atoms with Gasteiger partial charge in [-0.25, -0.2) is 0 Å². The van der Waals surface area contributed by atoms with Crippen molar-refractivity contribution in [2.75, 3.05) is 32.8 Å². The number of amides is 1. The average Bonchev–Trinajstić information content (AvgIpc) is 2.74. The Morgan fingerprint density at radius 2 is 2.00 bits per heavy atom. The molecule has 0 spiro atoms. The lowest BCUT2D eigenvalue weighted by atomic mass is 10.0. The third kappa shape index (κ3) is 12.0. The number of ether oxygens (including phenoxy) is 1. The molecule has 170 valence electrons. The number of nitrogens with one attached hydrogen (secondary N) is 1. The van der Waals surface area contributed by atoms with Crippen LogP contribution in [0.15, 0.2) is 65.4 Å². The summed E-state index contributed by atoms with van der Waals surface area (Å²) >= 11 is 0. The van der Waals surface area contributed by atoms with Gasteiger partial charge >= 0.3 is 0 Å². The second-order valence-corrected chi connectivity index (χ2v) is 7.38. The number of aliphatic hydroxyl groups excluding tert-OH is 1. The van der Waals surface area contributed by atoms with Gasteiger partial charge in [0.05, 0.1) is 19.1 Å². The van der Waals surface area contributed by atoms with Crippen molar-refractivity contribution < 1.29 is 19.4 Å². The predicted octanol–water partition coefficient (Wildman–Crippen LogP) is 2.57. The normalized spacial score (nSPS) is 18.6. The molecular formula is C24H35N3O4. The number of Topliss-reactive ketones (excluding diaryl/α,β-unsaturated/α-hetero) is 1. The van der Waals surface area contributed by atoms with E-state index in [0.29, 0.717) is 12.0 Å². The smallest absolute Gasteiger partial charge is 0.230 e. The highest BCUT2D eigenvalue weighted by Gasteiger charge is 2.12. The summed E-state index contributed by atoms with van der Waals surface area (Å²) in [4.78, 5) is 30.4. The van der Waals surface area contributed by atoms with Crippen molar-refractivity contribution in [1.29, 1.82) is 0 Å². The monoisotopic (exact) mass is 429 g/mol. The second-order valence-electron chi connectivity index (χ2n) is 7.38. The predicted molar refractivity (Wildman–Crippen MR) is 125 cm³/mol. The topological polar surface area (TPSA) is 91.2 Å². The van der Waals surface area contributed by atoms with E-state index in [1.54, 1.807) is 31.2 Å². The molecule has 2 N–H and O–H groups in total. The van der Waals surface area contributed by atoms with Gasteiger partial charge in [-0.05, 0) is 19.9 Å². The van der Waals surface area contributed by atoms with Gasteiger partial charge in [0.2, 0.25) is 5.91 Å². The molecule has 7 nitrogen and oxygen atoms in total. The minimum Gasteiger partial charge on any atom is -0.379 e. The Kier molecular flexibility index (Phi) is 13.0. The maximum atomic E-state index is 12.3. The van der Waals surface area contributed by atoms with E-state index >= 15 is 0 Å². The zero-order valence-electron chi connectivity index (χ0n) is 18.8. The van der Waals surface area contributed by atoms with Crippen LogP contribution in [0.4, 0.5) is 0 Å². The van der Waals surface area contributed by atoms with Gasteiger partial charge in [0.15, 0.2) is 5.78 Å². The second kappa shape index (κ2) is 15.2. The van der Waals surface area contributed by atoms with Gasteiger partial charge in [-0.1, -0.05) is 49.5 Å². The summed E-state index contributed by atoms with van der Waals surface area (Å²) in [6.45, 7) is 12.6. The van der Waals surface area contributed by atoms with Crippen molar-refractivity contribution >= 4 is 17.9 Å². The zero-order chi connectivity index (χ0) is 23.1. The van der Waals surface area contributed by atoms with E-state index in [-0.39, 0.29) is 11.7 Å². The zero-order valence-corrected chi connectivity index (χ0v) is 18.8. The summed E-state index contributed by atoms with van der Waals surface area (Å²) in [6.07, 6.45) is 13.0. The Bertz CT molecular complexity index is 744. The fraction of sp³-hybridized carbons (Fsp3) is 0.458. The van der Waals surface area contributed by atoms with E-state index in [0.717, 1.165) is 38.4 Å². The Morgan fingerprint density at radius 3 is 2.65 bits per heavy atom. The molecule has 0 saturated carbocycles. The Labute approximate surface area is 185 Å². The number of ketones is 1. The lowest BCUT2D eigenvalue weighted by molar-refractivity contribution is -0.122. The lowest BCUT2D eigenvalue weighted by Gasteiger charge is -2.25. The first-order valence-corrected chi connectivity index (χ1v) is 10.5. The summed E-state index contributed by atoms with van der Waals surface area (Å²) < 4.78 is 5.32. The molecule has 1 amide bonds. The van der Waals surface area contributed by atoms with Crippen LogP contribution in [0.1, 0.15) is 27.2 Å². The van der Waals surface area contributed by atoms with Crippen LogP contribution >= 0.6 is 0 Å². The summed E-state index contributed by atoms with van der Waals surface area (Å²) in [5.41, 5.74) is 1.43. The standard InChI is InChI=1S/C24H35N3O4/c1-5-10-25-23(29)17-19(2)8-6-11-26-24(30)20(3)18-22(21(4)28)9-7-12-27-13-15-31-16-14-27/h5-11,18,20,23,29H,1,12-17H2,2-4H3,(H,26,30)/b9-7-,11-6+,19-8+,22-18+,25-10+. The molecule has 2 atom stereocenters. The van der Waals surface area contributed by atoms with Gasteiger partial charge < -0.3 is 15.2 Å². The highest BCUT2D eigenvalue weighted by atomic mass is 16.5. The molecular weight excluding hydrogens is 394 g/mol. The van der Waals surface area contributed by atoms with Gasteiger partial charge in [0.25, 0.3) is 0 Å². The van der Waals surface area contributed by atoms with Crippen LogP contribution in [-0.2, 0) is 14.3 Å². The molecule has 0 aromatic heterocycles. The average molecular weight is 430 g/mol. The first-order chi connectivity index (χ1) is 14.8. The number of aliphatic imine (C=N–C) groups is 1. The number of nitrogens with zero attached hydrogens (tertiary/aromatic N) is 2. The van der Waals surface area contributed by atoms with Crippen molar-refractivity contribution in [2.24, 2.45) is 10.9 Å². The summed E-state index contributed by atoms with van der Waals surface area (Å²) in [5.74, 6) is -0.750. The minimum absolute atomic E-state index is 0.0790. The number of morpholine rings is 1. The molecule has 1 aliphatic rings. The molecule has 0 bridgehead atoms. The van der Waals surface area contributed by atoms with Crippen LogP contribution in [0.2, 0.25) is 0 Å². The van der Waals surface area contributed by atoms with Crippen LogP contribution in [0.25, 0.3) is 0 Å². The van der Waals surface area contributed by atoms with E-state index in [2.05, 4.69) is 21.8 Å². The van der Waals surface area contributed by atoms with E-state index in [9.17, 15) is 14.7 Å². The van der Waals surface area contributed by atoms with Crippen LogP contribution in [-0.4, -0.2) is 67.0 Å². The number of hydrogen-bond acceptors (Lipinski definition) is 6. The highest BCUT2D eigenvalue weighted by Crippen LogP contribution is 2.08. The van der Waals surface area contributed by atoms with Crippen molar-refractivity contribution in [2.45, 2.75) is 33.4 Å². The quantitative estimate of drug-likeness (QED) is 0.283. The molecule has 31 heavy (non-hydrogen) atoms. The molecule has 1 fully saturated rings. The van der Waals surface area contributed by atoms with Crippen molar-refractivity contribution in [3.8, 4) is 0 Å². The van der Waals surface area contributed by atoms with Crippen LogP contribution in [0, 0.1) is 5.92 Å². The minimum atomic E-state index is -0.816. The molecule has 0 radical (unpaired) electrons. The molecule has 0 aromatic carbocycles. The molecule has 0 aromatic rings. The summed E-state index contributed by atoms with van der Waals surface area (Å²) in [7, 11) is 0. The van der Waals surface area contributed by atoms with Gasteiger partial charge in [0.1, 0.15) is 6.23 Å². The summed E-state index contributed by atoms with van der Waals surface area (Å²) in [5, 5.41) is 12.4. The van der Waals surface area contributed by atoms with E-state index < -0.39 is 12.1 Å². The Hall–Kier alpha value is -2.61. The Balaban J connectivity index is 2.55. The van der Waals surface area contributed by atoms with Crippen LogP contribution in [0.3, 0.4) is 0 Å². The molecule has 1 aliphatic heterocycles. The van der Waals surface area contributed by atoms with E-state index in [1.165, 1.54) is 25.4 Å². The number of hydrogen-bond donors (Lipinski definition) is 2. The van der Waals surface area contributed by atoms with Gasteiger partial charge in [0, 0.05) is 44.0 Å². The first-order valence-electron chi connectivity index (χ1n) is 10.5. The number of carbonyl (C=O) groups excluding carboxylic acids is 2. The highest BCUT2D eigenvalue weighted by molar-refractivity contribution is 5.97. The maximum absolute atomic E-state index is 12.3. The molecule has 0 aliphatic carbocycles. The fourth-order valence-electron chi connectivity index (χ4n) is 2.79. The molecule has 1 saturated heterocycles. The van der Waals surface area contributed by atoms with Gasteiger partial charge in [-0.15, -0.1) is 0 Å². The first kappa shape index (κ1) is 26.4. The number of rotatable bonds is 12. The number of aliphatic hydroxyl groups is 1. The molecule has 1 heterocycles. The molecule has 7 heteroatoms. The van der Waals surface area contributed by atoms with Gasteiger partial charge in [-0.2, -0.15) is 0 Å². The third-order valence-electron chi connectivity index (χ3n) is 4.59. The third-order valence-corrected chi connectivity index (χ3v) is 4.59. The Morgan fingerprint density at radius 1 is 1.29 bits per heavy atom. The van der Waals surface area contributed by atoms with Crippen molar-refractivity contribution in [3.05, 3.63) is 60.4 Å². The van der Waals surface area contributed by atoms with Crippen molar-refractivity contribution in [3.63, 3.8) is 0 Å².